The second-order valence-electron chi connectivity index (χ2n) is 8.88. The number of nitrogens with one attached hydrogen (secondary N) is 1. The molecule has 6 nitrogen and oxygen atoms in total. The first-order chi connectivity index (χ1) is 14.3. The van der Waals surface area contributed by atoms with E-state index in [1.54, 1.807) is 4.68 Å². The maximum atomic E-state index is 13.0. The fourth-order valence-electron chi connectivity index (χ4n) is 4.55. The molecule has 1 N–H and O–H groups in total. The Morgan fingerprint density at radius 1 is 1.03 bits per heavy atom. The molecule has 1 saturated carbocycles. The van der Waals surface area contributed by atoms with Crippen molar-refractivity contribution in [1.29, 1.82) is 0 Å². The zero-order valence-corrected chi connectivity index (χ0v) is 18.7. The molecule has 1 amide bonds. The van der Waals surface area contributed by atoms with Crippen LogP contribution in [0.1, 0.15) is 72.6 Å². The standard InChI is InChI=1S/C23H31N3O3S/c1-16-9-10-18(13-17(16)2)22-14-21(23(27)24-19-7-5-3-4-6-8-19)25-26(22)20-11-12-30(28,29)15-20/h9-10,13-14,19-20H,3-8,11-12,15H2,1-2H3,(H,24,27). The predicted octanol–water partition coefficient (Wildman–Crippen LogP) is 3.98. The molecule has 1 atom stereocenters. The molecular formula is C23H31N3O3S. The highest BCUT2D eigenvalue weighted by Gasteiger charge is 2.32. The van der Waals surface area contributed by atoms with Gasteiger partial charge in [-0.2, -0.15) is 5.10 Å². The van der Waals surface area contributed by atoms with Gasteiger partial charge in [0.1, 0.15) is 0 Å². The lowest BCUT2D eigenvalue weighted by Gasteiger charge is -2.15. The lowest BCUT2D eigenvalue weighted by Crippen LogP contribution is -2.34. The van der Waals surface area contributed by atoms with E-state index in [1.807, 2.05) is 12.1 Å². The smallest absolute Gasteiger partial charge is 0.272 e. The molecule has 1 unspecified atom stereocenters. The van der Waals surface area contributed by atoms with Gasteiger partial charge in [-0.05, 0) is 56.4 Å². The number of hydrogen-bond donors (Lipinski definition) is 1. The SMILES string of the molecule is Cc1ccc(-c2cc(C(=O)NC3CCCCCC3)nn2C2CCS(=O)(=O)C2)cc1C. The number of nitrogens with zero attached hydrogens (tertiary/aromatic N) is 2. The molecule has 30 heavy (non-hydrogen) atoms. The Hall–Kier alpha value is -2.15. The van der Waals surface area contributed by atoms with Crippen LogP contribution >= 0.6 is 0 Å². The van der Waals surface area contributed by atoms with Crippen molar-refractivity contribution < 1.29 is 13.2 Å². The maximum absolute atomic E-state index is 13.0. The third-order valence-corrected chi connectivity index (χ3v) is 8.27. The van der Waals surface area contributed by atoms with Crippen molar-refractivity contribution in [2.75, 3.05) is 11.5 Å². The third-order valence-electron chi connectivity index (χ3n) is 6.52. The second-order valence-corrected chi connectivity index (χ2v) is 11.1. The zero-order chi connectivity index (χ0) is 21.3. The summed E-state index contributed by atoms with van der Waals surface area (Å²) in [6, 6.07) is 7.94. The van der Waals surface area contributed by atoms with Crippen LogP contribution in [0, 0.1) is 13.8 Å². The van der Waals surface area contributed by atoms with Gasteiger partial charge in [0, 0.05) is 11.6 Å². The van der Waals surface area contributed by atoms with Crippen molar-refractivity contribution >= 4 is 15.7 Å². The lowest BCUT2D eigenvalue weighted by molar-refractivity contribution is 0.0927. The Balaban J connectivity index is 1.66. The van der Waals surface area contributed by atoms with E-state index in [9.17, 15) is 13.2 Å². The number of benzene rings is 1. The van der Waals surface area contributed by atoms with Gasteiger partial charge in [0.25, 0.3) is 5.91 Å². The molecule has 2 aliphatic rings. The summed E-state index contributed by atoms with van der Waals surface area (Å²) < 4.78 is 25.9. The average Bonchev–Trinajstić information content (AvgIpc) is 3.20. The predicted molar refractivity (Wildman–Crippen MR) is 118 cm³/mol. The summed E-state index contributed by atoms with van der Waals surface area (Å²) in [5, 5.41) is 7.78. The van der Waals surface area contributed by atoms with Crippen molar-refractivity contribution in [1.82, 2.24) is 15.1 Å². The van der Waals surface area contributed by atoms with Crippen molar-refractivity contribution in [2.24, 2.45) is 0 Å². The number of aromatic nitrogens is 2. The number of carbonyl (C=O) groups excluding carboxylic acids is 1. The van der Waals surface area contributed by atoms with Crippen molar-refractivity contribution in [3.63, 3.8) is 0 Å². The molecule has 1 aromatic carbocycles. The van der Waals surface area contributed by atoms with Gasteiger partial charge in [0.2, 0.25) is 0 Å². The summed E-state index contributed by atoms with van der Waals surface area (Å²) >= 11 is 0. The van der Waals surface area contributed by atoms with Gasteiger partial charge in [0.15, 0.2) is 15.5 Å². The minimum atomic E-state index is -3.06. The number of amides is 1. The highest BCUT2D eigenvalue weighted by molar-refractivity contribution is 7.91. The Morgan fingerprint density at radius 3 is 2.40 bits per heavy atom. The topological polar surface area (TPSA) is 81.1 Å². The number of hydrogen-bond acceptors (Lipinski definition) is 4. The van der Waals surface area contributed by atoms with Gasteiger partial charge >= 0.3 is 0 Å². The molecule has 2 aromatic rings. The van der Waals surface area contributed by atoms with E-state index in [0.717, 1.165) is 42.5 Å². The second kappa shape index (κ2) is 8.53. The molecule has 2 heterocycles. The van der Waals surface area contributed by atoms with Crippen LogP contribution in [0.2, 0.25) is 0 Å². The zero-order valence-electron chi connectivity index (χ0n) is 17.9. The number of aryl methyl sites for hydroxylation is 2. The minimum absolute atomic E-state index is 0.0796. The highest BCUT2D eigenvalue weighted by Crippen LogP contribution is 2.31. The molecule has 1 aromatic heterocycles. The monoisotopic (exact) mass is 429 g/mol. The van der Waals surface area contributed by atoms with Crippen LogP contribution in [0.3, 0.4) is 0 Å². The van der Waals surface area contributed by atoms with Gasteiger partial charge in [0.05, 0.1) is 23.2 Å². The highest BCUT2D eigenvalue weighted by atomic mass is 32.2. The van der Waals surface area contributed by atoms with Crippen molar-refractivity contribution in [3.05, 3.63) is 41.1 Å². The normalized spacial score (nSPS) is 22.0. The molecule has 1 aliphatic heterocycles. The molecule has 0 radical (unpaired) electrons. The van der Waals surface area contributed by atoms with Gasteiger partial charge in [-0.3, -0.25) is 9.48 Å². The number of rotatable bonds is 4. The van der Waals surface area contributed by atoms with E-state index in [2.05, 4.69) is 36.4 Å². The lowest BCUT2D eigenvalue weighted by atomic mass is 10.0. The molecule has 7 heteroatoms. The fraction of sp³-hybridized carbons (Fsp3) is 0.565. The minimum Gasteiger partial charge on any atom is -0.348 e. The van der Waals surface area contributed by atoms with Crippen LogP contribution in [0.25, 0.3) is 11.3 Å². The quantitative estimate of drug-likeness (QED) is 0.746. The summed E-state index contributed by atoms with van der Waals surface area (Å²) in [4.78, 5) is 13.0. The van der Waals surface area contributed by atoms with Crippen LogP contribution in [0.15, 0.2) is 24.3 Å². The molecule has 162 valence electrons. The molecule has 4 rings (SSSR count). The summed E-state index contributed by atoms with van der Waals surface area (Å²) in [5.74, 6) is 0.0931. The molecule has 1 aliphatic carbocycles. The summed E-state index contributed by atoms with van der Waals surface area (Å²) in [5.41, 5.74) is 4.50. The number of sulfone groups is 1. The first-order valence-electron chi connectivity index (χ1n) is 11.0. The number of carbonyl (C=O) groups is 1. The van der Waals surface area contributed by atoms with Crippen molar-refractivity contribution in [3.8, 4) is 11.3 Å². The maximum Gasteiger partial charge on any atom is 0.272 e. The fourth-order valence-corrected chi connectivity index (χ4v) is 6.24. The molecule has 1 saturated heterocycles. The van der Waals surface area contributed by atoms with Crippen LogP contribution < -0.4 is 5.32 Å². The van der Waals surface area contributed by atoms with Gasteiger partial charge < -0.3 is 5.32 Å². The molecule has 2 fully saturated rings. The van der Waals surface area contributed by atoms with E-state index < -0.39 is 9.84 Å². The third kappa shape index (κ3) is 4.61. The summed E-state index contributed by atoms with van der Waals surface area (Å²) in [7, 11) is -3.06. The Labute approximate surface area is 179 Å². The van der Waals surface area contributed by atoms with Gasteiger partial charge in [-0.25, -0.2) is 8.42 Å². The van der Waals surface area contributed by atoms with E-state index in [0.29, 0.717) is 12.1 Å². The summed E-state index contributed by atoms with van der Waals surface area (Å²) in [6.07, 6.45) is 7.31. The first kappa shape index (κ1) is 21.1. The van der Waals surface area contributed by atoms with E-state index in [-0.39, 0.29) is 29.5 Å². The Bertz CT molecular complexity index is 1030. The van der Waals surface area contributed by atoms with Crippen molar-refractivity contribution in [2.45, 2.75) is 70.9 Å². The van der Waals surface area contributed by atoms with Gasteiger partial charge in [-0.1, -0.05) is 37.8 Å². The Morgan fingerprint density at radius 2 is 1.77 bits per heavy atom. The van der Waals surface area contributed by atoms with Crippen LogP contribution in [-0.2, 0) is 9.84 Å². The van der Waals surface area contributed by atoms with E-state index in [4.69, 9.17) is 0 Å². The molecular weight excluding hydrogens is 398 g/mol. The van der Waals surface area contributed by atoms with Gasteiger partial charge in [-0.15, -0.1) is 0 Å². The molecule has 0 bridgehead atoms. The molecule has 0 spiro atoms. The first-order valence-corrected chi connectivity index (χ1v) is 12.8. The van der Waals surface area contributed by atoms with Crippen LogP contribution in [-0.4, -0.2) is 41.7 Å². The average molecular weight is 430 g/mol. The van der Waals surface area contributed by atoms with Crippen LogP contribution in [0.5, 0.6) is 0 Å². The largest absolute Gasteiger partial charge is 0.348 e. The van der Waals surface area contributed by atoms with E-state index in [1.165, 1.54) is 18.4 Å². The Kier molecular flexibility index (Phi) is 6.00. The van der Waals surface area contributed by atoms with E-state index >= 15 is 0 Å². The summed E-state index contributed by atoms with van der Waals surface area (Å²) in [6.45, 7) is 4.12. The van der Waals surface area contributed by atoms with Crippen LogP contribution in [0.4, 0.5) is 0 Å².